The lowest BCUT2D eigenvalue weighted by Crippen LogP contribution is -1.94. The lowest BCUT2D eigenvalue weighted by atomic mass is 10.1. The zero-order valence-corrected chi connectivity index (χ0v) is 10.9. The number of carbonyl (C=O) groups excluding carboxylic acids is 1. The fourth-order valence-electron chi connectivity index (χ4n) is 2.64. The number of H-pyrrole nitrogens is 1. The average Bonchev–Trinajstić information content (AvgIpc) is 2.87. The van der Waals surface area contributed by atoms with Gasteiger partial charge in [0.05, 0.1) is 11.3 Å². The van der Waals surface area contributed by atoms with Crippen molar-refractivity contribution in [3.8, 4) is 11.3 Å². The number of halogens is 1. The zero-order valence-electron chi connectivity index (χ0n) is 9.33. The molecule has 0 fully saturated rings. The first kappa shape index (κ1) is 10.1. The van der Waals surface area contributed by atoms with Crippen LogP contribution >= 0.6 is 15.9 Å². The minimum Gasteiger partial charge on any atom is -0.354 e. The number of carbonyl (C=O) groups is 1. The number of aromatic nitrogens is 1. The molecular formula is C15H8BrNO. The molecule has 3 heteroatoms. The smallest absolute Gasteiger partial charge is 0.196 e. The summed E-state index contributed by atoms with van der Waals surface area (Å²) in [6.45, 7) is 0. The van der Waals surface area contributed by atoms with E-state index in [4.69, 9.17) is 0 Å². The zero-order chi connectivity index (χ0) is 12.3. The highest BCUT2D eigenvalue weighted by Gasteiger charge is 2.30. The molecule has 0 bridgehead atoms. The van der Waals surface area contributed by atoms with Crippen molar-refractivity contribution in [3.63, 3.8) is 0 Å². The third-order valence-electron chi connectivity index (χ3n) is 3.43. The van der Waals surface area contributed by atoms with Crippen molar-refractivity contribution in [2.75, 3.05) is 0 Å². The first-order valence-electron chi connectivity index (χ1n) is 5.71. The maximum absolute atomic E-state index is 12.4. The van der Waals surface area contributed by atoms with E-state index in [1.54, 1.807) is 0 Å². The van der Waals surface area contributed by atoms with Crippen molar-refractivity contribution in [3.05, 3.63) is 58.1 Å². The van der Waals surface area contributed by atoms with E-state index in [-0.39, 0.29) is 5.78 Å². The first-order chi connectivity index (χ1) is 8.75. The van der Waals surface area contributed by atoms with Crippen LogP contribution in [-0.4, -0.2) is 10.8 Å². The summed E-state index contributed by atoms with van der Waals surface area (Å²) in [5.74, 6) is 0.120. The van der Waals surface area contributed by atoms with Gasteiger partial charge in [-0.3, -0.25) is 4.79 Å². The third-order valence-corrected chi connectivity index (χ3v) is 3.92. The molecule has 3 aromatic rings. The van der Waals surface area contributed by atoms with Crippen LogP contribution < -0.4 is 0 Å². The van der Waals surface area contributed by atoms with Crippen LogP contribution in [0, 0.1) is 0 Å². The van der Waals surface area contributed by atoms with Gasteiger partial charge >= 0.3 is 0 Å². The van der Waals surface area contributed by atoms with Crippen LogP contribution in [-0.2, 0) is 0 Å². The molecule has 0 amide bonds. The lowest BCUT2D eigenvalue weighted by Gasteiger charge is -1.98. The van der Waals surface area contributed by atoms with Gasteiger partial charge in [0.2, 0.25) is 0 Å². The topological polar surface area (TPSA) is 32.9 Å². The molecule has 1 aromatic heterocycles. The van der Waals surface area contributed by atoms with E-state index in [1.165, 1.54) is 0 Å². The van der Waals surface area contributed by atoms with Gasteiger partial charge in [-0.1, -0.05) is 46.3 Å². The fraction of sp³-hybridized carbons (Fsp3) is 0. The Kier molecular flexibility index (Phi) is 1.87. The lowest BCUT2D eigenvalue weighted by molar-refractivity contribution is 0.104. The molecule has 0 aliphatic heterocycles. The van der Waals surface area contributed by atoms with E-state index >= 15 is 0 Å². The molecule has 2 aromatic carbocycles. The van der Waals surface area contributed by atoms with Crippen molar-refractivity contribution >= 4 is 32.6 Å². The summed E-state index contributed by atoms with van der Waals surface area (Å²) in [4.78, 5) is 15.8. The summed E-state index contributed by atoms with van der Waals surface area (Å²) in [6.07, 6.45) is 0. The number of aromatic amines is 1. The largest absolute Gasteiger partial charge is 0.354 e. The number of rotatable bonds is 0. The molecule has 0 atom stereocenters. The molecule has 0 unspecified atom stereocenters. The van der Waals surface area contributed by atoms with Crippen molar-refractivity contribution in [2.45, 2.75) is 0 Å². The summed E-state index contributed by atoms with van der Waals surface area (Å²) in [7, 11) is 0. The summed E-state index contributed by atoms with van der Waals surface area (Å²) >= 11 is 3.45. The van der Waals surface area contributed by atoms with Gasteiger partial charge in [0.15, 0.2) is 5.78 Å². The van der Waals surface area contributed by atoms with Gasteiger partial charge in [-0.05, 0) is 12.1 Å². The average molecular weight is 298 g/mol. The molecule has 0 saturated carbocycles. The van der Waals surface area contributed by atoms with E-state index < -0.39 is 0 Å². The van der Waals surface area contributed by atoms with Crippen molar-refractivity contribution < 1.29 is 4.79 Å². The molecule has 2 nitrogen and oxygen atoms in total. The first-order valence-corrected chi connectivity index (χ1v) is 6.50. The Morgan fingerprint density at radius 1 is 1.00 bits per heavy atom. The van der Waals surface area contributed by atoms with Gasteiger partial charge in [-0.2, -0.15) is 0 Å². The predicted molar refractivity (Wildman–Crippen MR) is 74.9 cm³/mol. The maximum atomic E-state index is 12.4. The standard InChI is InChI=1S/C15H8BrNO/c16-8-5-6-11-12(7-8)17-14-9-3-1-2-4-10(9)15(18)13(11)14/h1-7,17H. The van der Waals surface area contributed by atoms with Crippen molar-refractivity contribution in [1.29, 1.82) is 0 Å². The normalized spacial score (nSPS) is 12.8. The summed E-state index contributed by atoms with van der Waals surface area (Å²) in [5.41, 5.74) is 4.55. The number of ketones is 1. The van der Waals surface area contributed by atoms with Crippen LogP contribution in [0.4, 0.5) is 0 Å². The summed E-state index contributed by atoms with van der Waals surface area (Å²) in [5, 5.41) is 0.995. The quantitative estimate of drug-likeness (QED) is 0.520. The van der Waals surface area contributed by atoms with Crippen LogP contribution in [0.1, 0.15) is 15.9 Å². The fourth-order valence-corrected chi connectivity index (χ4v) is 3.00. The van der Waals surface area contributed by atoms with Gasteiger partial charge in [0, 0.05) is 26.5 Å². The van der Waals surface area contributed by atoms with Crippen molar-refractivity contribution in [1.82, 2.24) is 4.98 Å². The number of hydrogen-bond acceptors (Lipinski definition) is 1. The highest BCUT2D eigenvalue weighted by molar-refractivity contribution is 9.10. The summed E-state index contributed by atoms with van der Waals surface area (Å²) in [6, 6.07) is 13.7. The minimum absolute atomic E-state index is 0.120. The Labute approximate surface area is 112 Å². The molecule has 4 rings (SSSR count). The Morgan fingerprint density at radius 3 is 2.61 bits per heavy atom. The molecule has 1 N–H and O–H groups in total. The van der Waals surface area contributed by atoms with Crippen LogP contribution in [0.15, 0.2) is 46.9 Å². The van der Waals surface area contributed by atoms with Gasteiger partial charge in [-0.25, -0.2) is 0 Å². The molecule has 86 valence electrons. The number of nitrogens with one attached hydrogen (secondary N) is 1. The summed E-state index contributed by atoms with van der Waals surface area (Å²) < 4.78 is 1.01. The Balaban J connectivity index is 2.15. The maximum Gasteiger partial charge on any atom is 0.196 e. The Hall–Kier alpha value is -1.87. The monoisotopic (exact) mass is 297 g/mol. The second kappa shape index (κ2) is 3.33. The van der Waals surface area contributed by atoms with E-state index in [0.29, 0.717) is 0 Å². The van der Waals surface area contributed by atoms with Gasteiger partial charge < -0.3 is 4.98 Å². The molecule has 0 radical (unpaired) electrons. The molecular weight excluding hydrogens is 290 g/mol. The highest BCUT2D eigenvalue weighted by atomic mass is 79.9. The number of hydrogen-bond donors (Lipinski definition) is 1. The van der Waals surface area contributed by atoms with Crippen LogP contribution in [0.25, 0.3) is 22.2 Å². The molecule has 18 heavy (non-hydrogen) atoms. The van der Waals surface area contributed by atoms with Crippen LogP contribution in [0.3, 0.4) is 0 Å². The van der Waals surface area contributed by atoms with E-state index in [2.05, 4.69) is 20.9 Å². The van der Waals surface area contributed by atoms with Crippen LogP contribution in [0.5, 0.6) is 0 Å². The SMILES string of the molecule is O=C1c2ccccc2-c2[nH]c3cc(Br)ccc3c21. The van der Waals surface area contributed by atoms with E-state index in [9.17, 15) is 4.79 Å². The van der Waals surface area contributed by atoms with Crippen molar-refractivity contribution in [2.24, 2.45) is 0 Å². The van der Waals surface area contributed by atoms with Gasteiger partial charge in [0.1, 0.15) is 0 Å². The van der Waals surface area contributed by atoms with E-state index in [0.717, 1.165) is 37.8 Å². The second-order valence-electron chi connectivity index (χ2n) is 4.44. The van der Waals surface area contributed by atoms with Gasteiger partial charge in [0.25, 0.3) is 0 Å². The Morgan fingerprint density at radius 2 is 1.78 bits per heavy atom. The molecule has 1 heterocycles. The minimum atomic E-state index is 0.120. The molecule has 0 spiro atoms. The third kappa shape index (κ3) is 1.14. The second-order valence-corrected chi connectivity index (χ2v) is 5.36. The highest BCUT2D eigenvalue weighted by Crippen LogP contribution is 2.40. The van der Waals surface area contributed by atoms with Crippen LogP contribution in [0.2, 0.25) is 0 Å². The number of fused-ring (bicyclic) bond motifs is 5. The molecule has 0 saturated heterocycles. The molecule has 1 aliphatic carbocycles. The predicted octanol–water partition coefficient (Wildman–Crippen LogP) is 4.14. The van der Waals surface area contributed by atoms with Gasteiger partial charge in [-0.15, -0.1) is 0 Å². The number of benzene rings is 2. The van der Waals surface area contributed by atoms with E-state index in [1.807, 2.05) is 42.5 Å². The molecule has 1 aliphatic rings. The Bertz CT molecular complexity index is 816.